The Morgan fingerprint density at radius 2 is 2.06 bits per heavy atom. The summed E-state index contributed by atoms with van der Waals surface area (Å²) in [5, 5.41) is 3.03. The molecule has 3 N–H and O–H groups in total. The molecule has 35 heavy (non-hydrogen) atoms. The van der Waals surface area contributed by atoms with Crippen molar-refractivity contribution in [1.82, 2.24) is 15.2 Å². The van der Waals surface area contributed by atoms with E-state index in [1.54, 1.807) is 23.2 Å². The monoisotopic (exact) mass is 608 g/mol. The molecule has 7 nitrogen and oxygen atoms in total. The van der Waals surface area contributed by atoms with Gasteiger partial charge in [0, 0.05) is 29.3 Å². The van der Waals surface area contributed by atoms with Crippen molar-refractivity contribution in [2.45, 2.75) is 57.6 Å². The van der Waals surface area contributed by atoms with Crippen LogP contribution in [0.15, 0.2) is 35.5 Å². The van der Waals surface area contributed by atoms with Gasteiger partial charge < -0.3 is 16.0 Å². The number of halogens is 1. The van der Waals surface area contributed by atoms with E-state index >= 15 is 0 Å². The van der Waals surface area contributed by atoms with Crippen molar-refractivity contribution in [2.24, 2.45) is 17.6 Å². The lowest BCUT2D eigenvalue weighted by atomic mass is 9.89. The number of aryl methyl sites for hydroxylation is 1. The van der Waals surface area contributed by atoms with Gasteiger partial charge in [0.05, 0.1) is 16.1 Å². The molecule has 9 heteroatoms. The molecule has 0 radical (unpaired) electrons. The van der Waals surface area contributed by atoms with Gasteiger partial charge in [0.1, 0.15) is 12.0 Å². The molecule has 2 amide bonds. The minimum atomic E-state index is -0.838. The molecule has 1 saturated heterocycles. The van der Waals surface area contributed by atoms with Crippen molar-refractivity contribution < 1.29 is 14.4 Å². The fourth-order valence-corrected chi connectivity index (χ4v) is 5.99. The zero-order valence-corrected chi connectivity index (χ0v) is 23.6. The molecule has 2 atom stereocenters. The number of carbonyl (C=O) groups excluding carboxylic acids is 3. The van der Waals surface area contributed by atoms with Crippen molar-refractivity contribution in [1.29, 1.82) is 0 Å². The zero-order valence-electron chi connectivity index (χ0n) is 20.6. The number of likely N-dealkylation sites (tertiary alicyclic amines) is 1. The highest BCUT2D eigenvalue weighted by Gasteiger charge is 2.40. The van der Waals surface area contributed by atoms with E-state index in [2.05, 4.69) is 51.1 Å². The van der Waals surface area contributed by atoms with Crippen LogP contribution in [0, 0.1) is 18.8 Å². The predicted octanol–water partition coefficient (Wildman–Crippen LogP) is 4.36. The number of carbonyl (C=O) groups is 3. The largest absolute Gasteiger partial charge is 0.402 e. The van der Waals surface area contributed by atoms with Crippen molar-refractivity contribution in [3.63, 3.8) is 0 Å². The Morgan fingerprint density at radius 1 is 1.31 bits per heavy atom. The third-order valence-electron chi connectivity index (χ3n) is 6.26. The molecule has 1 fully saturated rings. The quantitative estimate of drug-likeness (QED) is 0.191. The van der Waals surface area contributed by atoms with Crippen LogP contribution in [-0.2, 0) is 25.4 Å². The topological polar surface area (TPSA) is 105 Å². The standard InChI is InChI=1S/C26H33IN4O3S/c1-15(2)23(22(32)10-16(3)28)26(34)31-9-5-6-21(31)25(33)29-13-19-8-7-18(11-20(19)12-27)24-17(4)30-14-35-24/h7-8,10-11,14-15,21,23H,5-6,9,12-13,28H2,1-4H3,(H,29,33)/t21-,23+/m0/s1. The van der Waals surface area contributed by atoms with E-state index in [-0.39, 0.29) is 23.5 Å². The van der Waals surface area contributed by atoms with Crippen LogP contribution in [0.2, 0.25) is 0 Å². The van der Waals surface area contributed by atoms with Crippen molar-refractivity contribution in [3.05, 3.63) is 52.3 Å². The first-order chi connectivity index (χ1) is 16.6. The average Bonchev–Trinajstić information content (AvgIpc) is 3.46. The number of nitrogens with zero attached hydrogens (tertiary/aromatic N) is 2. The van der Waals surface area contributed by atoms with Crippen LogP contribution < -0.4 is 11.1 Å². The highest BCUT2D eigenvalue weighted by Crippen LogP contribution is 2.30. The molecular weight excluding hydrogens is 575 g/mol. The van der Waals surface area contributed by atoms with Gasteiger partial charge in [-0.1, -0.05) is 48.6 Å². The highest BCUT2D eigenvalue weighted by molar-refractivity contribution is 14.1. The third-order valence-corrected chi connectivity index (χ3v) is 8.06. The fraction of sp³-hybridized carbons (Fsp3) is 0.462. The zero-order chi connectivity index (χ0) is 25.7. The van der Waals surface area contributed by atoms with Crippen LogP contribution >= 0.6 is 33.9 Å². The minimum absolute atomic E-state index is 0.182. The molecule has 0 saturated carbocycles. The number of benzene rings is 1. The molecule has 2 aromatic rings. The highest BCUT2D eigenvalue weighted by atomic mass is 127. The Hall–Kier alpha value is -2.27. The van der Waals surface area contributed by atoms with Crippen molar-refractivity contribution in [2.75, 3.05) is 6.54 Å². The Balaban J connectivity index is 1.71. The van der Waals surface area contributed by atoms with E-state index in [1.807, 2.05) is 26.3 Å². The second-order valence-corrected chi connectivity index (χ2v) is 10.9. The van der Waals surface area contributed by atoms with Gasteiger partial charge in [-0.25, -0.2) is 4.98 Å². The molecule has 0 aliphatic carbocycles. The van der Waals surface area contributed by atoms with E-state index in [9.17, 15) is 14.4 Å². The van der Waals surface area contributed by atoms with Gasteiger partial charge in [-0.3, -0.25) is 14.4 Å². The summed E-state index contributed by atoms with van der Waals surface area (Å²) in [6.07, 6.45) is 2.64. The Bertz CT molecular complexity index is 1120. The second kappa shape index (κ2) is 12.1. The summed E-state index contributed by atoms with van der Waals surface area (Å²) in [5.74, 6) is -1.81. The van der Waals surface area contributed by atoms with Gasteiger partial charge in [-0.05, 0) is 55.4 Å². The lowest BCUT2D eigenvalue weighted by molar-refractivity contribution is -0.146. The van der Waals surface area contributed by atoms with Crippen molar-refractivity contribution in [3.8, 4) is 10.4 Å². The summed E-state index contributed by atoms with van der Waals surface area (Å²) < 4.78 is 0.814. The molecule has 2 heterocycles. The molecule has 188 valence electrons. The first-order valence-corrected chi connectivity index (χ1v) is 14.2. The number of ketones is 1. The summed E-state index contributed by atoms with van der Waals surface area (Å²) in [5.41, 5.74) is 12.2. The maximum atomic E-state index is 13.3. The van der Waals surface area contributed by atoms with Crippen molar-refractivity contribution >= 4 is 51.5 Å². The predicted molar refractivity (Wildman–Crippen MR) is 148 cm³/mol. The number of aromatic nitrogens is 1. The number of hydrogen-bond acceptors (Lipinski definition) is 6. The van der Waals surface area contributed by atoms with E-state index < -0.39 is 12.0 Å². The maximum Gasteiger partial charge on any atom is 0.243 e. The Kier molecular flexibility index (Phi) is 9.46. The summed E-state index contributed by atoms with van der Waals surface area (Å²) in [6.45, 7) is 8.17. The van der Waals surface area contributed by atoms with E-state index in [0.29, 0.717) is 25.2 Å². The number of amides is 2. The van der Waals surface area contributed by atoms with E-state index in [0.717, 1.165) is 38.1 Å². The van der Waals surface area contributed by atoms with Gasteiger partial charge in [0.15, 0.2) is 5.78 Å². The van der Waals surface area contributed by atoms with Crippen LogP contribution in [0.25, 0.3) is 10.4 Å². The molecule has 1 aromatic heterocycles. The first kappa shape index (κ1) is 27.3. The minimum Gasteiger partial charge on any atom is -0.402 e. The lowest BCUT2D eigenvalue weighted by Crippen LogP contribution is -2.49. The number of alkyl halides is 1. The molecule has 1 aromatic carbocycles. The second-order valence-electron chi connectivity index (χ2n) is 9.30. The van der Waals surface area contributed by atoms with E-state index in [1.165, 1.54) is 6.08 Å². The molecule has 3 rings (SSSR count). The molecule has 0 bridgehead atoms. The number of allylic oxidation sites excluding steroid dienone is 2. The van der Waals surface area contributed by atoms with Gasteiger partial charge in [0.25, 0.3) is 0 Å². The molecule has 0 spiro atoms. The molecule has 1 aliphatic heterocycles. The SMILES string of the molecule is CC(N)=CC(=O)[C@H](C(=O)N1CCC[C@H]1C(=O)NCc1ccc(-c2scnc2C)cc1CI)C(C)C. The molecule has 0 unspecified atom stereocenters. The van der Waals surface area contributed by atoms with Gasteiger partial charge in [-0.2, -0.15) is 0 Å². The lowest BCUT2D eigenvalue weighted by Gasteiger charge is -2.29. The van der Waals surface area contributed by atoms with Crippen LogP contribution in [0.3, 0.4) is 0 Å². The van der Waals surface area contributed by atoms with Crippen LogP contribution in [0.4, 0.5) is 0 Å². The fourth-order valence-electron chi connectivity index (χ4n) is 4.47. The Morgan fingerprint density at radius 3 is 2.66 bits per heavy atom. The average molecular weight is 609 g/mol. The summed E-state index contributed by atoms with van der Waals surface area (Å²) in [6, 6.07) is 5.71. The third kappa shape index (κ3) is 6.49. The van der Waals surface area contributed by atoms with Gasteiger partial charge >= 0.3 is 0 Å². The smallest absolute Gasteiger partial charge is 0.243 e. The Labute approximate surface area is 224 Å². The number of rotatable bonds is 9. The number of nitrogens with two attached hydrogens (primary N) is 1. The van der Waals surface area contributed by atoms with E-state index in [4.69, 9.17) is 5.73 Å². The van der Waals surface area contributed by atoms with Crippen LogP contribution in [0.5, 0.6) is 0 Å². The number of thiazole rings is 1. The normalized spacial score (nSPS) is 17.0. The first-order valence-electron chi connectivity index (χ1n) is 11.8. The molecular formula is C26H33IN4O3S. The van der Waals surface area contributed by atoms with Crippen LogP contribution in [0.1, 0.15) is 50.4 Å². The summed E-state index contributed by atoms with van der Waals surface area (Å²) in [4.78, 5) is 46.2. The van der Waals surface area contributed by atoms with Gasteiger partial charge in [-0.15, -0.1) is 11.3 Å². The summed E-state index contributed by atoms with van der Waals surface area (Å²) in [7, 11) is 0. The van der Waals surface area contributed by atoms with Gasteiger partial charge in [0.2, 0.25) is 11.8 Å². The number of hydrogen-bond donors (Lipinski definition) is 2. The number of nitrogens with one attached hydrogen (secondary N) is 1. The summed E-state index contributed by atoms with van der Waals surface area (Å²) >= 11 is 3.95. The van der Waals surface area contributed by atoms with Crippen LogP contribution in [-0.4, -0.2) is 40.1 Å². The maximum absolute atomic E-state index is 13.3. The molecule has 1 aliphatic rings.